The highest BCUT2D eigenvalue weighted by atomic mass is 79.9. The summed E-state index contributed by atoms with van der Waals surface area (Å²) < 4.78 is 8.27. The summed E-state index contributed by atoms with van der Waals surface area (Å²) in [6, 6.07) is 16.5. The Morgan fingerprint density at radius 3 is 2.29 bits per heavy atom. The quantitative estimate of drug-likeness (QED) is 0.236. The van der Waals surface area contributed by atoms with E-state index in [4.69, 9.17) is 39.5 Å². The molecule has 0 aliphatic rings. The number of aromatic nitrogens is 2. The Balaban J connectivity index is 1.37. The third kappa shape index (κ3) is 6.39. The van der Waals surface area contributed by atoms with Crippen LogP contribution in [0.1, 0.15) is 32.6 Å². The van der Waals surface area contributed by atoms with Gasteiger partial charge < -0.3 is 10.1 Å². The van der Waals surface area contributed by atoms with Crippen LogP contribution < -0.4 is 10.1 Å². The average Bonchev–Trinajstić information content (AvgIpc) is 3.17. The molecule has 3 aromatic carbocycles. The molecular weight excluding hydrogens is 573 g/mol. The number of benzene rings is 3. The standard InChI is InChI=1S/C26H21BrCl3N3O2/c1-15-9-20(10-16(2)24(15)30)35-14-17-3-6-19(7-4-17)26(34)31-25-21(27)13-33(32-25)12-18-5-8-22(28)23(29)11-18/h3-11,13H,12,14H2,1-2H3,(H,31,32,34). The van der Waals surface area contributed by atoms with Crippen LogP contribution in [0.2, 0.25) is 15.1 Å². The van der Waals surface area contributed by atoms with Crippen molar-refractivity contribution in [2.75, 3.05) is 5.32 Å². The highest BCUT2D eigenvalue weighted by Crippen LogP contribution is 2.27. The van der Waals surface area contributed by atoms with Gasteiger partial charge >= 0.3 is 0 Å². The molecule has 0 saturated heterocycles. The number of hydrogen-bond acceptors (Lipinski definition) is 3. The molecule has 4 aromatic rings. The first-order valence-corrected chi connectivity index (χ1v) is 12.6. The maximum absolute atomic E-state index is 12.8. The molecule has 35 heavy (non-hydrogen) atoms. The number of aryl methyl sites for hydroxylation is 2. The minimum absolute atomic E-state index is 0.262. The molecule has 1 heterocycles. The van der Waals surface area contributed by atoms with Gasteiger partial charge in [-0.1, -0.05) is 53.0 Å². The molecule has 0 spiro atoms. The van der Waals surface area contributed by atoms with E-state index in [1.54, 1.807) is 35.1 Å². The highest BCUT2D eigenvalue weighted by molar-refractivity contribution is 9.10. The van der Waals surface area contributed by atoms with Crippen LogP contribution in [0, 0.1) is 13.8 Å². The monoisotopic (exact) mass is 591 g/mol. The Morgan fingerprint density at radius 2 is 1.63 bits per heavy atom. The lowest BCUT2D eigenvalue weighted by molar-refractivity contribution is 0.102. The van der Waals surface area contributed by atoms with Gasteiger partial charge in [0.25, 0.3) is 5.91 Å². The van der Waals surface area contributed by atoms with Gasteiger partial charge in [0.1, 0.15) is 12.4 Å². The van der Waals surface area contributed by atoms with Crippen LogP contribution in [-0.2, 0) is 13.2 Å². The lowest BCUT2D eigenvalue weighted by atomic mass is 10.1. The summed E-state index contributed by atoms with van der Waals surface area (Å²) >= 11 is 21.7. The number of halogens is 4. The predicted molar refractivity (Wildman–Crippen MR) is 145 cm³/mol. The van der Waals surface area contributed by atoms with Gasteiger partial charge in [-0.25, -0.2) is 0 Å². The van der Waals surface area contributed by atoms with Gasteiger partial charge in [-0.2, -0.15) is 5.10 Å². The van der Waals surface area contributed by atoms with Crippen molar-refractivity contribution in [2.24, 2.45) is 0 Å². The summed E-state index contributed by atoms with van der Waals surface area (Å²) in [5, 5.41) is 9.02. The molecule has 4 rings (SSSR count). The van der Waals surface area contributed by atoms with Crippen molar-refractivity contribution in [3.63, 3.8) is 0 Å². The first kappa shape index (κ1) is 25.6. The van der Waals surface area contributed by atoms with Crippen molar-refractivity contribution in [2.45, 2.75) is 27.0 Å². The minimum Gasteiger partial charge on any atom is -0.489 e. The zero-order valence-corrected chi connectivity index (χ0v) is 22.8. The number of nitrogens with zero attached hydrogens (tertiary/aromatic N) is 2. The second-order valence-corrected chi connectivity index (χ2v) is 10.1. The lowest BCUT2D eigenvalue weighted by Crippen LogP contribution is -2.13. The Bertz CT molecular complexity index is 1360. The van der Waals surface area contributed by atoms with Crippen LogP contribution in [0.25, 0.3) is 0 Å². The number of hydrogen-bond donors (Lipinski definition) is 1. The van der Waals surface area contributed by atoms with Gasteiger partial charge in [0.2, 0.25) is 0 Å². The van der Waals surface area contributed by atoms with E-state index in [2.05, 4.69) is 26.3 Å². The molecule has 0 aliphatic carbocycles. The van der Waals surface area contributed by atoms with Gasteiger partial charge in [0, 0.05) is 16.8 Å². The lowest BCUT2D eigenvalue weighted by Gasteiger charge is -2.10. The zero-order valence-electron chi connectivity index (χ0n) is 18.9. The van der Waals surface area contributed by atoms with E-state index in [9.17, 15) is 4.79 Å². The van der Waals surface area contributed by atoms with Crippen LogP contribution in [0.4, 0.5) is 5.82 Å². The third-order valence-electron chi connectivity index (χ3n) is 5.31. The van der Waals surface area contributed by atoms with E-state index in [0.717, 1.165) is 33.0 Å². The fraction of sp³-hybridized carbons (Fsp3) is 0.154. The molecule has 1 aromatic heterocycles. The Kier molecular flexibility index (Phi) is 8.07. The van der Waals surface area contributed by atoms with Crippen LogP contribution in [0.3, 0.4) is 0 Å². The number of nitrogens with one attached hydrogen (secondary N) is 1. The smallest absolute Gasteiger partial charge is 0.256 e. The summed E-state index contributed by atoms with van der Waals surface area (Å²) in [5.74, 6) is 0.922. The molecule has 9 heteroatoms. The second kappa shape index (κ2) is 11.0. The number of rotatable bonds is 7. The van der Waals surface area contributed by atoms with Crippen LogP contribution in [0.5, 0.6) is 5.75 Å². The first-order valence-electron chi connectivity index (χ1n) is 10.7. The van der Waals surface area contributed by atoms with E-state index in [-0.39, 0.29) is 5.91 Å². The third-order valence-corrected chi connectivity index (χ3v) is 7.22. The van der Waals surface area contributed by atoms with E-state index < -0.39 is 0 Å². The van der Waals surface area contributed by atoms with E-state index >= 15 is 0 Å². The molecule has 0 bridgehead atoms. The van der Waals surface area contributed by atoms with Crippen LogP contribution in [-0.4, -0.2) is 15.7 Å². The van der Waals surface area contributed by atoms with Crippen molar-refractivity contribution < 1.29 is 9.53 Å². The Hall–Kier alpha value is -2.51. The van der Waals surface area contributed by atoms with Gasteiger partial charge in [0.15, 0.2) is 5.82 Å². The molecule has 0 fully saturated rings. The van der Waals surface area contributed by atoms with Gasteiger partial charge in [-0.3, -0.25) is 9.48 Å². The van der Waals surface area contributed by atoms with Gasteiger partial charge in [-0.15, -0.1) is 0 Å². The largest absolute Gasteiger partial charge is 0.489 e. The molecular formula is C26H21BrCl3N3O2. The van der Waals surface area contributed by atoms with Crippen molar-refractivity contribution >= 4 is 62.5 Å². The molecule has 0 aliphatic heterocycles. The molecule has 1 N–H and O–H groups in total. The summed E-state index contributed by atoms with van der Waals surface area (Å²) in [5.41, 5.74) is 4.34. The maximum atomic E-state index is 12.8. The first-order chi connectivity index (χ1) is 16.7. The minimum atomic E-state index is -0.262. The number of carbonyl (C=O) groups is 1. The average molecular weight is 594 g/mol. The van der Waals surface area contributed by atoms with E-state index in [0.29, 0.717) is 39.1 Å². The molecule has 0 unspecified atom stereocenters. The summed E-state index contributed by atoms with van der Waals surface area (Å²) in [7, 11) is 0. The summed E-state index contributed by atoms with van der Waals surface area (Å²) in [6.07, 6.45) is 1.79. The SMILES string of the molecule is Cc1cc(OCc2ccc(C(=O)Nc3nn(Cc4ccc(Cl)c(Cl)c4)cc3Br)cc2)cc(C)c1Cl. The predicted octanol–water partition coefficient (Wildman–Crippen LogP) is 8.10. The van der Waals surface area contributed by atoms with Crippen molar-refractivity contribution in [1.29, 1.82) is 0 Å². The maximum Gasteiger partial charge on any atom is 0.256 e. The number of amides is 1. The second-order valence-electron chi connectivity index (χ2n) is 8.08. The normalized spacial score (nSPS) is 10.9. The van der Waals surface area contributed by atoms with Crippen molar-refractivity contribution in [1.82, 2.24) is 9.78 Å². The number of carbonyl (C=O) groups excluding carboxylic acids is 1. The molecule has 0 radical (unpaired) electrons. The Morgan fingerprint density at radius 1 is 0.971 bits per heavy atom. The number of anilines is 1. The number of ether oxygens (including phenoxy) is 1. The van der Waals surface area contributed by atoms with Gasteiger partial charge in [-0.05, 0) is 88.4 Å². The van der Waals surface area contributed by atoms with Crippen LogP contribution >= 0.6 is 50.7 Å². The fourth-order valence-electron chi connectivity index (χ4n) is 3.48. The van der Waals surface area contributed by atoms with Crippen molar-refractivity contribution in [3.8, 4) is 5.75 Å². The molecule has 1 amide bonds. The molecule has 0 saturated carbocycles. The van der Waals surface area contributed by atoms with E-state index in [1.165, 1.54) is 0 Å². The summed E-state index contributed by atoms with van der Waals surface area (Å²) in [4.78, 5) is 12.8. The molecule has 5 nitrogen and oxygen atoms in total. The topological polar surface area (TPSA) is 56.1 Å². The molecule has 0 atom stereocenters. The molecule has 180 valence electrons. The van der Waals surface area contributed by atoms with E-state index in [1.807, 2.05) is 44.2 Å². The fourth-order valence-corrected chi connectivity index (χ4v) is 4.32. The van der Waals surface area contributed by atoms with Crippen LogP contribution in [0.15, 0.2) is 65.3 Å². The van der Waals surface area contributed by atoms with Crippen molar-refractivity contribution in [3.05, 3.63) is 108 Å². The Labute approximate surface area is 227 Å². The highest BCUT2D eigenvalue weighted by Gasteiger charge is 2.13. The zero-order chi connectivity index (χ0) is 25.1. The summed E-state index contributed by atoms with van der Waals surface area (Å²) in [6.45, 7) is 4.76. The van der Waals surface area contributed by atoms with Gasteiger partial charge in [0.05, 0.1) is 21.1 Å².